The lowest BCUT2D eigenvalue weighted by Crippen LogP contribution is -2.32. The number of hydrogen-bond donors (Lipinski definition) is 0. The summed E-state index contributed by atoms with van der Waals surface area (Å²) in [5.74, 6) is -1.19. The summed E-state index contributed by atoms with van der Waals surface area (Å²) in [6, 6.07) is 8.88. The molecule has 32 heavy (non-hydrogen) atoms. The molecule has 6 nitrogen and oxygen atoms in total. The third-order valence-corrected chi connectivity index (χ3v) is 7.09. The fourth-order valence-corrected chi connectivity index (χ4v) is 5.00. The maximum Gasteiger partial charge on any atom is 0.416 e. The maximum atomic E-state index is 13.0. The predicted octanol–water partition coefficient (Wildman–Crippen LogP) is 3.83. The lowest BCUT2D eigenvalue weighted by Gasteiger charge is -2.22. The number of sulfone groups is 1. The standard InChI is InChI=1S/C22H23F3N2O4S/c1-3-26(18-6-4-5-17(14-18)22(23,24)25)21(29)10-12-32(30,31)19-7-8-20-16(13-19)9-11-27(20)15(2)28/h4-8,13-14H,3,9-12H2,1-2H3. The van der Waals surface area contributed by atoms with E-state index in [1.807, 2.05) is 0 Å². The molecule has 0 radical (unpaired) electrons. The number of halogens is 3. The average molecular weight is 468 g/mol. The number of benzene rings is 2. The van der Waals surface area contributed by atoms with Gasteiger partial charge < -0.3 is 9.80 Å². The van der Waals surface area contributed by atoms with Crippen molar-refractivity contribution in [3.05, 3.63) is 53.6 Å². The molecule has 0 unspecified atom stereocenters. The van der Waals surface area contributed by atoms with Gasteiger partial charge in [-0.1, -0.05) is 6.07 Å². The van der Waals surface area contributed by atoms with Gasteiger partial charge in [-0.3, -0.25) is 9.59 Å². The Balaban J connectivity index is 1.74. The summed E-state index contributed by atoms with van der Waals surface area (Å²) in [5, 5.41) is 0. The monoisotopic (exact) mass is 468 g/mol. The zero-order valence-electron chi connectivity index (χ0n) is 17.6. The number of alkyl halides is 3. The van der Waals surface area contributed by atoms with E-state index in [1.165, 1.54) is 31.2 Å². The minimum Gasteiger partial charge on any atom is -0.313 e. The van der Waals surface area contributed by atoms with Crippen molar-refractivity contribution in [2.45, 2.75) is 37.8 Å². The Morgan fingerprint density at radius 3 is 2.47 bits per heavy atom. The van der Waals surface area contributed by atoms with Gasteiger partial charge in [-0.15, -0.1) is 0 Å². The molecule has 1 aliphatic rings. The van der Waals surface area contributed by atoms with Crippen molar-refractivity contribution in [3.8, 4) is 0 Å². The summed E-state index contributed by atoms with van der Waals surface area (Å²) in [4.78, 5) is 27.1. The molecule has 0 atom stereocenters. The van der Waals surface area contributed by atoms with Crippen LogP contribution in [0.5, 0.6) is 0 Å². The van der Waals surface area contributed by atoms with Crippen molar-refractivity contribution in [1.82, 2.24) is 0 Å². The number of carbonyl (C=O) groups is 2. The summed E-state index contributed by atoms with van der Waals surface area (Å²) < 4.78 is 64.5. The second-order valence-corrected chi connectivity index (χ2v) is 9.58. The molecule has 1 aliphatic heterocycles. The summed E-state index contributed by atoms with van der Waals surface area (Å²) in [6.45, 7) is 3.62. The van der Waals surface area contributed by atoms with Crippen molar-refractivity contribution in [1.29, 1.82) is 0 Å². The number of rotatable bonds is 6. The predicted molar refractivity (Wildman–Crippen MR) is 114 cm³/mol. The number of anilines is 2. The van der Waals surface area contributed by atoms with Crippen molar-refractivity contribution < 1.29 is 31.2 Å². The number of hydrogen-bond acceptors (Lipinski definition) is 4. The molecule has 0 aromatic heterocycles. The highest BCUT2D eigenvalue weighted by Gasteiger charge is 2.31. The number of carbonyl (C=O) groups excluding carboxylic acids is 2. The van der Waals surface area contributed by atoms with E-state index < -0.39 is 33.2 Å². The van der Waals surface area contributed by atoms with Crippen molar-refractivity contribution >= 4 is 33.0 Å². The van der Waals surface area contributed by atoms with E-state index in [0.29, 0.717) is 18.7 Å². The lowest BCUT2D eigenvalue weighted by atomic mass is 10.1. The fraction of sp³-hybridized carbons (Fsp3) is 0.364. The molecule has 2 aromatic rings. The number of nitrogens with zero attached hydrogens (tertiary/aromatic N) is 2. The largest absolute Gasteiger partial charge is 0.416 e. The fourth-order valence-electron chi connectivity index (χ4n) is 3.73. The molecule has 0 fully saturated rings. The zero-order chi connectivity index (χ0) is 23.7. The molecule has 0 spiro atoms. The molecule has 2 aromatic carbocycles. The van der Waals surface area contributed by atoms with Crippen LogP contribution in [-0.2, 0) is 32.0 Å². The Labute approximate surface area is 184 Å². The van der Waals surface area contributed by atoms with Gasteiger partial charge in [0.1, 0.15) is 0 Å². The van der Waals surface area contributed by atoms with E-state index in [1.54, 1.807) is 17.9 Å². The molecule has 0 bridgehead atoms. The molecule has 0 aliphatic carbocycles. The third-order valence-electron chi connectivity index (χ3n) is 5.37. The van der Waals surface area contributed by atoms with Crippen LogP contribution >= 0.6 is 0 Å². The van der Waals surface area contributed by atoms with Crippen LogP contribution in [0.2, 0.25) is 0 Å². The highest BCUT2D eigenvalue weighted by Crippen LogP contribution is 2.32. The van der Waals surface area contributed by atoms with Crippen molar-refractivity contribution in [2.24, 2.45) is 0 Å². The molecule has 1 heterocycles. The Hall–Kier alpha value is -2.88. The highest BCUT2D eigenvalue weighted by molar-refractivity contribution is 7.91. The lowest BCUT2D eigenvalue weighted by molar-refractivity contribution is -0.137. The first kappa shape index (κ1) is 23.8. The van der Waals surface area contributed by atoms with E-state index in [2.05, 4.69) is 0 Å². The molecule has 0 saturated heterocycles. The van der Waals surface area contributed by atoms with Crippen LogP contribution in [0.1, 0.15) is 31.4 Å². The molecule has 10 heteroatoms. The van der Waals surface area contributed by atoms with E-state index in [9.17, 15) is 31.2 Å². The summed E-state index contributed by atoms with van der Waals surface area (Å²) in [7, 11) is -3.80. The van der Waals surface area contributed by atoms with Gasteiger partial charge in [0.05, 0.1) is 16.2 Å². The van der Waals surface area contributed by atoms with Gasteiger partial charge in [0.2, 0.25) is 11.8 Å². The van der Waals surface area contributed by atoms with Crippen molar-refractivity contribution in [3.63, 3.8) is 0 Å². The summed E-state index contributed by atoms with van der Waals surface area (Å²) in [5.41, 5.74) is 0.596. The van der Waals surface area contributed by atoms with E-state index in [4.69, 9.17) is 0 Å². The zero-order valence-corrected chi connectivity index (χ0v) is 18.5. The topological polar surface area (TPSA) is 74.8 Å². The van der Waals surface area contributed by atoms with Gasteiger partial charge in [-0.25, -0.2) is 8.42 Å². The average Bonchev–Trinajstić information content (AvgIpc) is 3.16. The van der Waals surface area contributed by atoms with Gasteiger partial charge in [-0.2, -0.15) is 13.2 Å². The molecule has 172 valence electrons. The molecule has 3 rings (SSSR count). The quantitative estimate of drug-likeness (QED) is 0.646. The van der Waals surface area contributed by atoms with Gasteiger partial charge in [0.25, 0.3) is 0 Å². The molecule has 0 N–H and O–H groups in total. The van der Waals surface area contributed by atoms with Gasteiger partial charge in [0, 0.05) is 37.8 Å². The van der Waals surface area contributed by atoms with Crippen LogP contribution in [0.25, 0.3) is 0 Å². The van der Waals surface area contributed by atoms with Gasteiger partial charge in [0.15, 0.2) is 9.84 Å². The van der Waals surface area contributed by atoms with E-state index >= 15 is 0 Å². The van der Waals surface area contributed by atoms with Crippen LogP contribution in [-0.4, -0.2) is 39.1 Å². The molecule has 0 saturated carbocycles. The van der Waals surface area contributed by atoms with Crippen LogP contribution in [0.3, 0.4) is 0 Å². The Morgan fingerprint density at radius 2 is 1.84 bits per heavy atom. The Kier molecular flexibility index (Phi) is 6.64. The SMILES string of the molecule is CCN(C(=O)CCS(=O)(=O)c1ccc2c(c1)CCN2C(C)=O)c1cccc(C(F)(F)F)c1. The van der Waals surface area contributed by atoms with E-state index in [0.717, 1.165) is 22.6 Å². The molecular formula is C22H23F3N2O4S. The molecular weight excluding hydrogens is 445 g/mol. The smallest absolute Gasteiger partial charge is 0.313 e. The van der Waals surface area contributed by atoms with Crippen LogP contribution in [0.4, 0.5) is 24.5 Å². The first-order valence-corrected chi connectivity index (χ1v) is 11.7. The Bertz CT molecular complexity index is 1150. The first-order chi connectivity index (χ1) is 14.9. The Morgan fingerprint density at radius 1 is 1.12 bits per heavy atom. The van der Waals surface area contributed by atoms with E-state index in [-0.39, 0.29) is 29.5 Å². The molecule has 2 amide bonds. The maximum absolute atomic E-state index is 13.0. The summed E-state index contributed by atoms with van der Waals surface area (Å²) in [6.07, 6.45) is -4.38. The third kappa shape index (κ3) is 4.95. The first-order valence-electron chi connectivity index (χ1n) is 10.1. The van der Waals surface area contributed by atoms with Crippen LogP contribution in [0.15, 0.2) is 47.4 Å². The normalized spacial score (nSPS) is 13.7. The van der Waals surface area contributed by atoms with Gasteiger partial charge >= 0.3 is 6.18 Å². The number of amides is 2. The van der Waals surface area contributed by atoms with Crippen LogP contribution in [0, 0.1) is 0 Å². The minimum atomic E-state index is -4.55. The second-order valence-electron chi connectivity index (χ2n) is 7.47. The minimum absolute atomic E-state index is 0.0524. The van der Waals surface area contributed by atoms with Gasteiger partial charge in [-0.05, 0) is 55.3 Å². The summed E-state index contributed by atoms with van der Waals surface area (Å²) >= 11 is 0. The van der Waals surface area contributed by atoms with Crippen molar-refractivity contribution in [2.75, 3.05) is 28.6 Å². The van der Waals surface area contributed by atoms with Crippen LogP contribution < -0.4 is 9.80 Å². The highest BCUT2D eigenvalue weighted by atomic mass is 32.2. The second kappa shape index (κ2) is 8.93. The number of fused-ring (bicyclic) bond motifs is 1.